The van der Waals surface area contributed by atoms with Crippen LogP contribution >= 0.6 is 11.6 Å². The van der Waals surface area contributed by atoms with Crippen molar-refractivity contribution < 1.29 is 9.90 Å². The molecule has 1 fully saturated rings. The number of nitrogens with one attached hydrogen (secondary N) is 3. The number of aromatic nitrogens is 2. The molecule has 4 N–H and O–H groups in total. The number of H-pyrrole nitrogens is 1. The first-order valence-electron chi connectivity index (χ1n) is 8.59. The SMILES string of the molecule is CC(C)CNc1c[nH]c2ncc(Cl)c(N3CCCC(NC(=O)O)C3)c12. The zero-order chi connectivity index (χ0) is 18.0. The first-order valence-corrected chi connectivity index (χ1v) is 8.97. The Morgan fingerprint density at radius 1 is 1.56 bits per heavy atom. The molecule has 25 heavy (non-hydrogen) atoms. The van der Waals surface area contributed by atoms with Crippen molar-refractivity contribution in [2.45, 2.75) is 32.7 Å². The first kappa shape index (κ1) is 17.7. The number of carbonyl (C=O) groups is 1. The summed E-state index contributed by atoms with van der Waals surface area (Å²) in [6.07, 6.45) is 4.32. The van der Waals surface area contributed by atoms with Crippen LogP contribution in [0.5, 0.6) is 0 Å². The Bertz CT molecular complexity index is 761. The average molecular weight is 366 g/mol. The first-order chi connectivity index (χ1) is 12.0. The molecule has 1 aliphatic heterocycles. The summed E-state index contributed by atoms with van der Waals surface area (Å²) in [6, 6.07) is -0.100. The molecule has 0 bridgehead atoms. The molecular formula is C17H24ClN5O2. The fourth-order valence-electron chi connectivity index (χ4n) is 3.29. The lowest BCUT2D eigenvalue weighted by Gasteiger charge is -2.35. The van der Waals surface area contributed by atoms with E-state index in [0.717, 1.165) is 48.3 Å². The van der Waals surface area contributed by atoms with Gasteiger partial charge in [0.15, 0.2) is 0 Å². The fraction of sp³-hybridized carbons (Fsp3) is 0.529. The van der Waals surface area contributed by atoms with Crippen molar-refractivity contribution in [3.63, 3.8) is 0 Å². The fourth-order valence-corrected chi connectivity index (χ4v) is 3.55. The van der Waals surface area contributed by atoms with E-state index in [0.29, 0.717) is 17.5 Å². The van der Waals surface area contributed by atoms with Crippen LogP contribution in [0.25, 0.3) is 11.0 Å². The van der Waals surface area contributed by atoms with E-state index in [1.54, 1.807) is 6.20 Å². The number of rotatable bonds is 5. The number of pyridine rings is 1. The zero-order valence-corrected chi connectivity index (χ0v) is 15.2. The molecule has 0 aliphatic carbocycles. The molecule has 0 radical (unpaired) electrons. The Morgan fingerprint density at radius 2 is 2.36 bits per heavy atom. The smallest absolute Gasteiger partial charge is 0.404 e. The molecule has 0 spiro atoms. The third-order valence-electron chi connectivity index (χ3n) is 4.40. The molecule has 1 saturated heterocycles. The van der Waals surface area contributed by atoms with Gasteiger partial charge < -0.3 is 25.6 Å². The van der Waals surface area contributed by atoms with E-state index in [2.05, 4.69) is 39.3 Å². The number of fused-ring (bicyclic) bond motifs is 1. The van der Waals surface area contributed by atoms with Gasteiger partial charge in [-0.1, -0.05) is 25.4 Å². The summed E-state index contributed by atoms with van der Waals surface area (Å²) in [7, 11) is 0. The Morgan fingerprint density at radius 3 is 3.08 bits per heavy atom. The van der Waals surface area contributed by atoms with E-state index < -0.39 is 6.09 Å². The van der Waals surface area contributed by atoms with Crippen LogP contribution in [0, 0.1) is 5.92 Å². The second-order valence-corrected chi connectivity index (χ2v) is 7.30. The maximum atomic E-state index is 11.0. The molecule has 0 saturated carbocycles. The van der Waals surface area contributed by atoms with E-state index in [-0.39, 0.29) is 6.04 Å². The largest absolute Gasteiger partial charge is 0.465 e. The highest BCUT2D eigenvalue weighted by Gasteiger charge is 2.26. The van der Waals surface area contributed by atoms with Crippen molar-refractivity contribution in [3.05, 3.63) is 17.4 Å². The van der Waals surface area contributed by atoms with Gasteiger partial charge >= 0.3 is 6.09 Å². The van der Waals surface area contributed by atoms with Crippen LogP contribution in [0.15, 0.2) is 12.4 Å². The predicted molar refractivity (Wildman–Crippen MR) is 101 cm³/mol. The highest BCUT2D eigenvalue weighted by atomic mass is 35.5. The Hall–Kier alpha value is -2.15. The molecule has 1 aliphatic rings. The molecule has 8 heteroatoms. The molecule has 2 aromatic rings. The lowest BCUT2D eigenvalue weighted by atomic mass is 10.0. The third-order valence-corrected chi connectivity index (χ3v) is 4.67. The normalized spacial score (nSPS) is 17.9. The van der Waals surface area contributed by atoms with Crippen molar-refractivity contribution in [1.29, 1.82) is 0 Å². The number of aromatic amines is 1. The van der Waals surface area contributed by atoms with Gasteiger partial charge in [-0.2, -0.15) is 0 Å². The minimum Gasteiger partial charge on any atom is -0.465 e. The summed E-state index contributed by atoms with van der Waals surface area (Å²) in [4.78, 5) is 20.7. The number of nitrogens with zero attached hydrogens (tertiary/aromatic N) is 2. The molecule has 1 amide bonds. The Labute approximate surface area is 151 Å². The van der Waals surface area contributed by atoms with Crippen molar-refractivity contribution >= 4 is 40.1 Å². The van der Waals surface area contributed by atoms with Crippen molar-refractivity contribution in [3.8, 4) is 0 Å². The Kier molecular flexibility index (Phi) is 5.22. The molecular weight excluding hydrogens is 342 g/mol. The molecule has 3 heterocycles. The second kappa shape index (κ2) is 7.39. The lowest BCUT2D eigenvalue weighted by Crippen LogP contribution is -2.47. The molecule has 1 atom stereocenters. The molecule has 136 valence electrons. The van der Waals surface area contributed by atoms with Crippen molar-refractivity contribution in [2.24, 2.45) is 5.92 Å². The van der Waals surface area contributed by atoms with Gasteiger partial charge in [0.25, 0.3) is 0 Å². The summed E-state index contributed by atoms with van der Waals surface area (Å²) >= 11 is 6.50. The van der Waals surface area contributed by atoms with Gasteiger partial charge in [-0.25, -0.2) is 9.78 Å². The van der Waals surface area contributed by atoms with E-state index in [9.17, 15) is 4.79 Å². The number of hydrogen-bond donors (Lipinski definition) is 4. The quantitative estimate of drug-likeness (QED) is 0.650. The highest BCUT2D eigenvalue weighted by Crippen LogP contribution is 2.38. The van der Waals surface area contributed by atoms with Gasteiger partial charge in [0.1, 0.15) is 5.65 Å². The molecule has 0 aromatic carbocycles. The van der Waals surface area contributed by atoms with Crippen LogP contribution in [0.4, 0.5) is 16.2 Å². The van der Waals surface area contributed by atoms with Gasteiger partial charge in [0, 0.05) is 31.9 Å². The van der Waals surface area contributed by atoms with Gasteiger partial charge in [0.2, 0.25) is 0 Å². The molecule has 7 nitrogen and oxygen atoms in total. The second-order valence-electron chi connectivity index (χ2n) is 6.89. The number of piperidine rings is 1. The molecule has 2 aromatic heterocycles. The number of amides is 1. The lowest BCUT2D eigenvalue weighted by molar-refractivity contribution is 0.188. The number of halogens is 1. The monoisotopic (exact) mass is 365 g/mol. The van der Waals surface area contributed by atoms with Crippen LogP contribution < -0.4 is 15.5 Å². The average Bonchev–Trinajstić information content (AvgIpc) is 2.95. The summed E-state index contributed by atoms with van der Waals surface area (Å²) in [5, 5.41) is 16.6. The van der Waals surface area contributed by atoms with Crippen LogP contribution in [0.2, 0.25) is 5.02 Å². The summed E-state index contributed by atoms with van der Waals surface area (Å²) < 4.78 is 0. The number of hydrogen-bond acceptors (Lipinski definition) is 4. The standard InChI is InChI=1S/C17H24ClN5O2/c1-10(2)6-19-13-8-21-16-14(13)15(12(18)7-20-16)23-5-3-4-11(9-23)22-17(24)25/h7-8,10-11,19,22H,3-6,9H2,1-2H3,(H,20,21)(H,24,25). The van der Waals surface area contributed by atoms with Crippen molar-refractivity contribution in [1.82, 2.24) is 15.3 Å². The van der Waals surface area contributed by atoms with Crippen LogP contribution in [0.3, 0.4) is 0 Å². The molecule has 3 rings (SSSR count). The van der Waals surface area contributed by atoms with Gasteiger partial charge in [-0.3, -0.25) is 0 Å². The molecule has 1 unspecified atom stereocenters. The van der Waals surface area contributed by atoms with Gasteiger partial charge in [-0.05, 0) is 18.8 Å². The minimum atomic E-state index is -0.987. The minimum absolute atomic E-state index is 0.100. The zero-order valence-electron chi connectivity index (χ0n) is 14.5. The number of anilines is 2. The summed E-state index contributed by atoms with van der Waals surface area (Å²) in [5.74, 6) is 0.514. The van der Waals surface area contributed by atoms with Crippen LogP contribution in [-0.2, 0) is 0 Å². The van der Waals surface area contributed by atoms with Gasteiger partial charge in [-0.15, -0.1) is 0 Å². The maximum absolute atomic E-state index is 11.0. The predicted octanol–water partition coefficient (Wildman–Crippen LogP) is 3.52. The van der Waals surface area contributed by atoms with Crippen LogP contribution in [-0.4, -0.2) is 46.8 Å². The highest BCUT2D eigenvalue weighted by molar-refractivity contribution is 6.35. The van der Waals surface area contributed by atoms with E-state index in [4.69, 9.17) is 16.7 Å². The number of carboxylic acid groups (broad SMARTS) is 1. The third kappa shape index (κ3) is 3.92. The summed E-state index contributed by atoms with van der Waals surface area (Å²) in [6.45, 7) is 6.59. The van der Waals surface area contributed by atoms with E-state index in [1.165, 1.54) is 0 Å². The van der Waals surface area contributed by atoms with E-state index in [1.807, 2.05) is 6.20 Å². The topological polar surface area (TPSA) is 93.3 Å². The van der Waals surface area contributed by atoms with Gasteiger partial charge in [0.05, 0.1) is 28.0 Å². The van der Waals surface area contributed by atoms with E-state index >= 15 is 0 Å². The van der Waals surface area contributed by atoms with Crippen molar-refractivity contribution in [2.75, 3.05) is 29.9 Å². The van der Waals surface area contributed by atoms with Crippen LogP contribution in [0.1, 0.15) is 26.7 Å². The Balaban J connectivity index is 1.95. The maximum Gasteiger partial charge on any atom is 0.404 e. The summed E-state index contributed by atoms with van der Waals surface area (Å²) in [5.41, 5.74) is 2.66.